The van der Waals surface area contributed by atoms with Gasteiger partial charge in [-0.25, -0.2) is 0 Å². The number of carbonyl (C=O) groups excluding carboxylic acids is 2. The van der Waals surface area contributed by atoms with Gasteiger partial charge < -0.3 is 4.74 Å². The quantitative estimate of drug-likeness (QED) is 0.275. The molecule has 0 N–H and O–H groups in total. The maximum absolute atomic E-state index is 12.8. The number of halogens is 3. The zero-order chi connectivity index (χ0) is 22.7. The van der Waals surface area contributed by atoms with Crippen LogP contribution in [0.2, 0.25) is 5.02 Å². The predicted octanol–water partition coefficient (Wildman–Crippen LogP) is 7.68. The fourth-order valence-corrected chi connectivity index (χ4v) is 5.51. The average molecular weight is 594 g/mol. The van der Waals surface area contributed by atoms with Crippen LogP contribution in [-0.4, -0.2) is 16.0 Å². The number of nitrogens with zero attached hydrogens (tertiary/aromatic N) is 1. The molecule has 162 valence electrons. The second kappa shape index (κ2) is 10.3. The topological polar surface area (TPSA) is 46.6 Å². The number of ether oxygens (including phenoxy) is 1. The van der Waals surface area contributed by atoms with Crippen molar-refractivity contribution in [1.82, 2.24) is 4.90 Å². The Morgan fingerprint density at radius 1 is 0.938 bits per heavy atom. The summed E-state index contributed by atoms with van der Waals surface area (Å²) in [5.74, 6) is 0.355. The number of benzene rings is 3. The summed E-state index contributed by atoms with van der Waals surface area (Å²) in [6, 6.07) is 20.6. The molecule has 0 radical (unpaired) electrons. The van der Waals surface area contributed by atoms with Crippen LogP contribution >= 0.6 is 55.2 Å². The van der Waals surface area contributed by atoms with E-state index >= 15 is 0 Å². The van der Waals surface area contributed by atoms with Crippen LogP contribution in [0, 0.1) is 0 Å². The van der Waals surface area contributed by atoms with Crippen molar-refractivity contribution in [1.29, 1.82) is 0 Å². The van der Waals surface area contributed by atoms with Crippen molar-refractivity contribution in [3.05, 3.63) is 102 Å². The molecule has 0 bridgehead atoms. The molecule has 1 aliphatic heterocycles. The predicted molar refractivity (Wildman–Crippen MR) is 136 cm³/mol. The Balaban J connectivity index is 1.49. The summed E-state index contributed by atoms with van der Waals surface area (Å²) < 4.78 is 7.41. The Morgan fingerprint density at radius 2 is 1.59 bits per heavy atom. The Hall–Kier alpha value is -2.06. The van der Waals surface area contributed by atoms with Crippen LogP contribution in [0.25, 0.3) is 6.08 Å². The van der Waals surface area contributed by atoms with E-state index in [0.29, 0.717) is 22.3 Å². The van der Waals surface area contributed by atoms with Crippen LogP contribution in [-0.2, 0) is 17.9 Å². The minimum atomic E-state index is -0.292. The normalized spacial score (nSPS) is 15.0. The lowest BCUT2D eigenvalue weighted by Crippen LogP contribution is -2.27. The number of imide groups is 1. The molecule has 2 amide bonds. The maximum Gasteiger partial charge on any atom is 0.293 e. The molecule has 1 heterocycles. The van der Waals surface area contributed by atoms with E-state index < -0.39 is 0 Å². The number of rotatable bonds is 6. The van der Waals surface area contributed by atoms with E-state index in [2.05, 4.69) is 31.9 Å². The van der Waals surface area contributed by atoms with Gasteiger partial charge in [-0.05, 0) is 90.7 Å². The first-order valence-corrected chi connectivity index (χ1v) is 12.3. The highest BCUT2D eigenvalue weighted by atomic mass is 79.9. The summed E-state index contributed by atoms with van der Waals surface area (Å²) in [6.07, 6.45) is 1.72. The van der Waals surface area contributed by atoms with E-state index in [4.69, 9.17) is 16.3 Å². The average Bonchev–Trinajstić information content (AvgIpc) is 3.02. The fraction of sp³-hybridized carbons (Fsp3) is 0.0833. The molecule has 1 fully saturated rings. The summed E-state index contributed by atoms with van der Waals surface area (Å²) >= 11 is 14.0. The first kappa shape index (κ1) is 23.1. The highest BCUT2D eigenvalue weighted by molar-refractivity contribution is 9.11. The number of hydrogen-bond donors (Lipinski definition) is 0. The van der Waals surface area contributed by atoms with Crippen molar-refractivity contribution in [3.63, 3.8) is 0 Å². The van der Waals surface area contributed by atoms with Gasteiger partial charge >= 0.3 is 0 Å². The lowest BCUT2D eigenvalue weighted by molar-refractivity contribution is -0.123. The smallest absolute Gasteiger partial charge is 0.293 e. The molecule has 4 rings (SSSR count). The summed E-state index contributed by atoms with van der Waals surface area (Å²) in [6.45, 7) is 0.639. The third-order valence-electron chi connectivity index (χ3n) is 4.67. The third-order valence-corrected chi connectivity index (χ3v) is 7.01. The minimum absolute atomic E-state index is 0.258. The van der Waals surface area contributed by atoms with Gasteiger partial charge in [0.05, 0.1) is 20.4 Å². The van der Waals surface area contributed by atoms with Crippen molar-refractivity contribution in [2.45, 2.75) is 13.2 Å². The molecule has 0 aromatic heterocycles. The molecule has 4 nitrogen and oxygen atoms in total. The van der Waals surface area contributed by atoms with Gasteiger partial charge in [0.25, 0.3) is 11.1 Å². The Morgan fingerprint density at radius 3 is 2.25 bits per heavy atom. The van der Waals surface area contributed by atoms with Gasteiger partial charge in [-0.15, -0.1) is 0 Å². The Kier molecular flexibility index (Phi) is 7.40. The molecular weight excluding hydrogens is 578 g/mol. The number of hydrogen-bond acceptors (Lipinski definition) is 4. The number of amides is 2. The third kappa shape index (κ3) is 5.46. The van der Waals surface area contributed by atoms with Crippen LogP contribution in [0.4, 0.5) is 4.79 Å². The van der Waals surface area contributed by atoms with E-state index in [-0.39, 0.29) is 17.7 Å². The Bertz CT molecular complexity index is 1180. The van der Waals surface area contributed by atoms with Crippen LogP contribution in [0.3, 0.4) is 0 Å². The fourth-order valence-electron chi connectivity index (χ4n) is 3.09. The first-order valence-electron chi connectivity index (χ1n) is 9.56. The molecule has 8 heteroatoms. The molecule has 1 aliphatic rings. The molecule has 1 saturated heterocycles. The summed E-state index contributed by atoms with van der Waals surface area (Å²) in [5, 5.41) is 0.403. The lowest BCUT2D eigenvalue weighted by Gasteiger charge is -2.12. The van der Waals surface area contributed by atoms with Gasteiger partial charge in [0.1, 0.15) is 12.4 Å². The van der Waals surface area contributed by atoms with Gasteiger partial charge in [-0.1, -0.05) is 54.1 Å². The molecule has 0 unspecified atom stereocenters. The van der Waals surface area contributed by atoms with Gasteiger partial charge in [0.2, 0.25) is 0 Å². The van der Waals surface area contributed by atoms with Gasteiger partial charge in [-0.3, -0.25) is 14.5 Å². The van der Waals surface area contributed by atoms with Crippen LogP contribution < -0.4 is 4.74 Å². The Labute approximate surface area is 211 Å². The SMILES string of the molecule is O=C1S/C(=C\c2cc(Br)c(OCc3ccc(Cl)cc3)c(Br)c2)C(=O)N1Cc1ccccc1. The number of carbonyl (C=O) groups is 2. The summed E-state index contributed by atoms with van der Waals surface area (Å²) in [5.41, 5.74) is 2.67. The molecule has 3 aromatic carbocycles. The molecule has 0 aliphatic carbocycles. The maximum atomic E-state index is 12.8. The molecule has 0 spiro atoms. The molecule has 32 heavy (non-hydrogen) atoms. The van der Waals surface area contributed by atoms with Crippen LogP contribution in [0.15, 0.2) is 80.6 Å². The first-order chi connectivity index (χ1) is 15.4. The van der Waals surface area contributed by atoms with Gasteiger partial charge in [0, 0.05) is 5.02 Å². The van der Waals surface area contributed by atoms with Crippen molar-refractivity contribution in [2.24, 2.45) is 0 Å². The monoisotopic (exact) mass is 591 g/mol. The van der Waals surface area contributed by atoms with E-state index in [9.17, 15) is 9.59 Å². The van der Waals surface area contributed by atoms with E-state index in [1.807, 2.05) is 66.7 Å². The van der Waals surface area contributed by atoms with Crippen molar-refractivity contribution < 1.29 is 14.3 Å². The van der Waals surface area contributed by atoms with Crippen LogP contribution in [0.1, 0.15) is 16.7 Å². The number of thioether (sulfide) groups is 1. The highest BCUT2D eigenvalue weighted by Gasteiger charge is 2.35. The lowest BCUT2D eigenvalue weighted by atomic mass is 10.2. The summed E-state index contributed by atoms with van der Waals surface area (Å²) in [7, 11) is 0. The highest BCUT2D eigenvalue weighted by Crippen LogP contribution is 2.38. The standard InChI is InChI=1S/C24H16Br2ClNO3S/c25-19-10-17(11-20(26)22(19)31-14-16-6-8-18(27)9-7-16)12-21-23(29)28(24(30)32-21)13-15-4-2-1-3-5-15/h1-12H,13-14H2/b21-12-. The summed E-state index contributed by atoms with van der Waals surface area (Å²) in [4.78, 5) is 26.9. The zero-order valence-corrected chi connectivity index (χ0v) is 21.3. The largest absolute Gasteiger partial charge is 0.487 e. The van der Waals surface area contributed by atoms with E-state index in [0.717, 1.165) is 37.4 Å². The van der Waals surface area contributed by atoms with Crippen molar-refractivity contribution >= 4 is 72.4 Å². The van der Waals surface area contributed by atoms with E-state index in [1.165, 1.54) is 4.90 Å². The molecule has 0 atom stereocenters. The van der Waals surface area contributed by atoms with Gasteiger partial charge in [0.15, 0.2) is 0 Å². The van der Waals surface area contributed by atoms with Gasteiger partial charge in [-0.2, -0.15) is 0 Å². The minimum Gasteiger partial charge on any atom is -0.487 e. The van der Waals surface area contributed by atoms with Crippen molar-refractivity contribution in [2.75, 3.05) is 0 Å². The van der Waals surface area contributed by atoms with Crippen LogP contribution in [0.5, 0.6) is 5.75 Å². The second-order valence-corrected chi connectivity index (χ2v) is 10.1. The molecule has 0 saturated carbocycles. The molecular formula is C24H16Br2ClNO3S. The van der Waals surface area contributed by atoms with Crippen molar-refractivity contribution in [3.8, 4) is 5.75 Å². The van der Waals surface area contributed by atoms with E-state index in [1.54, 1.807) is 6.08 Å². The second-order valence-electron chi connectivity index (χ2n) is 6.98. The zero-order valence-electron chi connectivity index (χ0n) is 16.6. The molecule has 3 aromatic rings.